The van der Waals surface area contributed by atoms with Gasteiger partial charge in [0.15, 0.2) is 0 Å². The average Bonchev–Trinajstić information content (AvgIpc) is 2.78. The molecule has 1 aromatic carbocycles. The lowest BCUT2D eigenvalue weighted by molar-refractivity contribution is 0.140. The molecule has 2 unspecified atom stereocenters. The third kappa shape index (κ3) is 2.89. The molecule has 0 saturated carbocycles. The number of nitrogens with one attached hydrogen (secondary N) is 1. The minimum Gasteiger partial charge on any atom is -0.311 e. The van der Waals surface area contributed by atoms with E-state index in [4.69, 9.17) is 0 Å². The van der Waals surface area contributed by atoms with E-state index in [9.17, 15) is 4.39 Å². The van der Waals surface area contributed by atoms with E-state index in [1.165, 1.54) is 31.2 Å². The first-order chi connectivity index (χ1) is 9.65. The molecule has 3 heteroatoms. The summed E-state index contributed by atoms with van der Waals surface area (Å²) in [6.07, 6.45) is 5.22. The Morgan fingerprint density at radius 1 is 1.25 bits per heavy atom. The Bertz CT molecular complexity index is 462. The molecule has 0 radical (unpaired) electrons. The van der Waals surface area contributed by atoms with Crippen molar-refractivity contribution < 1.29 is 4.39 Å². The predicted molar refractivity (Wildman–Crippen MR) is 80.2 cm³/mol. The molecule has 0 amide bonds. The van der Waals surface area contributed by atoms with Gasteiger partial charge in [0.1, 0.15) is 5.82 Å². The zero-order chi connectivity index (χ0) is 14.1. The van der Waals surface area contributed by atoms with Crippen molar-refractivity contribution in [2.45, 2.75) is 64.2 Å². The molecule has 2 bridgehead atoms. The van der Waals surface area contributed by atoms with Crippen molar-refractivity contribution in [2.24, 2.45) is 0 Å². The summed E-state index contributed by atoms with van der Waals surface area (Å²) in [4.78, 5) is 2.57. The third-order valence-corrected chi connectivity index (χ3v) is 4.98. The van der Waals surface area contributed by atoms with Crippen LogP contribution in [-0.2, 0) is 6.54 Å². The van der Waals surface area contributed by atoms with Crippen LogP contribution in [0.4, 0.5) is 4.39 Å². The summed E-state index contributed by atoms with van der Waals surface area (Å²) >= 11 is 0. The van der Waals surface area contributed by atoms with Gasteiger partial charge in [-0.1, -0.05) is 19.1 Å². The molecule has 1 N–H and O–H groups in total. The van der Waals surface area contributed by atoms with Gasteiger partial charge in [-0.05, 0) is 56.3 Å². The lowest BCUT2D eigenvalue weighted by Crippen LogP contribution is -2.47. The molecular formula is C17H25FN2. The maximum Gasteiger partial charge on any atom is 0.126 e. The van der Waals surface area contributed by atoms with Crippen LogP contribution in [0.15, 0.2) is 18.2 Å². The van der Waals surface area contributed by atoms with Crippen LogP contribution >= 0.6 is 0 Å². The molecule has 2 fully saturated rings. The van der Waals surface area contributed by atoms with E-state index in [0.717, 1.165) is 30.7 Å². The number of benzene rings is 1. The number of halogens is 1. The third-order valence-electron chi connectivity index (χ3n) is 4.98. The first kappa shape index (κ1) is 14.0. The highest BCUT2D eigenvalue weighted by atomic mass is 19.1. The van der Waals surface area contributed by atoms with E-state index in [-0.39, 0.29) is 5.82 Å². The molecule has 2 saturated heterocycles. The maximum atomic E-state index is 13.4. The summed E-state index contributed by atoms with van der Waals surface area (Å²) in [5.74, 6) is -0.100. The molecule has 2 aliphatic heterocycles. The van der Waals surface area contributed by atoms with Crippen molar-refractivity contribution in [3.05, 3.63) is 35.1 Å². The Labute approximate surface area is 121 Å². The van der Waals surface area contributed by atoms with Gasteiger partial charge in [-0.3, -0.25) is 4.90 Å². The van der Waals surface area contributed by atoms with E-state index < -0.39 is 0 Å². The van der Waals surface area contributed by atoms with E-state index in [1.54, 1.807) is 6.07 Å². The van der Waals surface area contributed by atoms with E-state index >= 15 is 0 Å². The van der Waals surface area contributed by atoms with Crippen LogP contribution in [0.1, 0.15) is 43.7 Å². The van der Waals surface area contributed by atoms with Gasteiger partial charge >= 0.3 is 0 Å². The van der Waals surface area contributed by atoms with Gasteiger partial charge in [-0.2, -0.15) is 0 Å². The fourth-order valence-corrected chi connectivity index (χ4v) is 3.86. The molecular weight excluding hydrogens is 251 g/mol. The number of piperidine rings is 1. The lowest BCUT2D eigenvalue weighted by Gasteiger charge is -2.37. The summed E-state index contributed by atoms with van der Waals surface area (Å²) in [6, 6.07) is 7.66. The first-order valence-electron chi connectivity index (χ1n) is 7.91. The Balaban J connectivity index is 1.68. The summed E-state index contributed by atoms with van der Waals surface area (Å²) in [5, 5.41) is 3.70. The van der Waals surface area contributed by atoms with Crippen LogP contribution in [0, 0.1) is 12.7 Å². The minimum atomic E-state index is -0.100. The van der Waals surface area contributed by atoms with Gasteiger partial charge in [0, 0.05) is 24.7 Å². The number of aryl methyl sites for hydroxylation is 1. The van der Waals surface area contributed by atoms with Crippen LogP contribution in [-0.4, -0.2) is 29.6 Å². The molecule has 2 atom stereocenters. The Hall–Kier alpha value is -0.930. The van der Waals surface area contributed by atoms with Crippen LogP contribution in [0.3, 0.4) is 0 Å². The monoisotopic (exact) mass is 276 g/mol. The second kappa shape index (κ2) is 5.82. The fraction of sp³-hybridized carbons (Fsp3) is 0.647. The van der Waals surface area contributed by atoms with Crippen molar-refractivity contribution in [3.8, 4) is 0 Å². The maximum absolute atomic E-state index is 13.4. The van der Waals surface area contributed by atoms with Gasteiger partial charge in [-0.15, -0.1) is 0 Å². The highest BCUT2D eigenvalue weighted by molar-refractivity contribution is 5.24. The Morgan fingerprint density at radius 2 is 1.95 bits per heavy atom. The molecule has 0 aliphatic carbocycles. The van der Waals surface area contributed by atoms with Crippen molar-refractivity contribution in [1.82, 2.24) is 10.2 Å². The van der Waals surface area contributed by atoms with Crippen LogP contribution in [0.2, 0.25) is 0 Å². The molecule has 110 valence electrons. The average molecular weight is 276 g/mol. The van der Waals surface area contributed by atoms with Crippen LogP contribution in [0.5, 0.6) is 0 Å². The van der Waals surface area contributed by atoms with Crippen molar-refractivity contribution in [1.29, 1.82) is 0 Å². The standard InChI is InChI=1S/C17H25FN2/c1-3-20(11-13-4-7-17(18)12(2)8-13)16-9-14-5-6-15(10-16)19-14/h4,7-8,14-16,19H,3,5-6,9-11H2,1-2H3. The highest BCUT2D eigenvalue weighted by Gasteiger charge is 2.35. The molecule has 0 spiro atoms. The topological polar surface area (TPSA) is 15.3 Å². The SMILES string of the molecule is CCN(Cc1ccc(F)c(C)c1)C1CC2CCC(C1)N2. The highest BCUT2D eigenvalue weighted by Crippen LogP contribution is 2.30. The summed E-state index contributed by atoms with van der Waals surface area (Å²) in [5.41, 5.74) is 1.99. The quantitative estimate of drug-likeness (QED) is 0.908. The second-order valence-electron chi connectivity index (χ2n) is 6.41. The van der Waals surface area contributed by atoms with Crippen molar-refractivity contribution in [3.63, 3.8) is 0 Å². The van der Waals surface area contributed by atoms with Gasteiger partial charge in [-0.25, -0.2) is 4.39 Å². The Morgan fingerprint density at radius 3 is 2.55 bits per heavy atom. The van der Waals surface area contributed by atoms with Crippen molar-refractivity contribution in [2.75, 3.05) is 6.54 Å². The predicted octanol–water partition coefficient (Wildman–Crippen LogP) is 3.24. The summed E-state index contributed by atoms with van der Waals surface area (Å²) in [6.45, 7) is 6.10. The minimum absolute atomic E-state index is 0.100. The molecule has 3 rings (SSSR count). The number of nitrogens with zero attached hydrogens (tertiary/aromatic N) is 1. The normalized spacial score (nSPS) is 29.1. The lowest BCUT2D eigenvalue weighted by atomic mass is 9.97. The largest absolute Gasteiger partial charge is 0.311 e. The zero-order valence-electron chi connectivity index (χ0n) is 12.5. The first-order valence-corrected chi connectivity index (χ1v) is 7.91. The zero-order valence-corrected chi connectivity index (χ0v) is 12.5. The molecule has 20 heavy (non-hydrogen) atoms. The molecule has 0 aromatic heterocycles. The van der Waals surface area contributed by atoms with E-state index in [1.807, 2.05) is 19.1 Å². The van der Waals surface area contributed by atoms with Gasteiger partial charge < -0.3 is 5.32 Å². The van der Waals surface area contributed by atoms with Crippen molar-refractivity contribution >= 4 is 0 Å². The number of hydrogen-bond acceptors (Lipinski definition) is 2. The van der Waals surface area contributed by atoms with Crippen LogP contribution in [0.25, 0.3) is 0 Å². The van der Waals surface area contributed by atoms with Gasteiger partial charge in [0.2, 0.25) is 0 Å². The van der Waals surface area contributed by atoms with Crippen LogP contribution < -0.4 is 5.32 Å². The molecule has 2 nitrogen and oxygen atoms in total. The van der Waals surface area contributed by atoms with Gasteiger partial charge in [0.25, 0.3) is 0 Å². The number of hydrogen-bond donors (Lipinski definition) is 1. The van der Waals surface area contributed by atoms with Gasteiger partial charge in [0.05, 0.1) is 0 Å². The molecule has 1 aromatic rings. The Kier molecular flexibility index (Phi) is 4.08. The smallest absolute Gasteiger partial charge is 0.126 e. The van der Waals surface area contributed by atoms with E-state index in [2.05, 4.69) is 17.1 Å². The molecule has 2 heterocycles. The second-order valence-corrected chi connectivity index (χ2v) is 6.41. The summed E-state index contributed by atoms with van der Waals surface area (Å²) in [7, 11) is 0. The number of fused-ring (bicyclic) bond motifs is 2. The molecule has 2 aliphatic rings. The fourth-order valence-electron chi connectivity index (χ4n) is 3.86. The summed E-state index contributed by atoms with van der Waals surface area (Å²) < 4.78 is 13.4. The number of rotatable bonds is 4. The van der Waals surface area contributed by atoms with E-state index in [0.29, 0.717) is 6.04 Å².